The number of benzene rings is 2. The van der Waals surface area contributed by atoms with Gasteiger partial charge in [0.25, 0.3) is 0 Å². The van der Waals surface area contributed by atoms with E-state index in [1.807, 2.05) is 18.2 Å². The van der Waals surface area contributed by atoms with Gasteiger partial charge in [0.1, 0.15) is 11.5 Å². The standard InChI is InChI=1S/C18H22INO/c1-13(2)11-20-12-15-7-8-18(14(3)9-15)21-17-6-4-5-16(19)10-17/h4-10,13,20H,11-12H2,1-3H3. The highest BCUT2D eigenvalue weighted by atomic mass is 127. The second-order valence-corrected chi connectivity index (χ2v) is 6.93. The average molecular weight is 395 g/mol. The van der Waals surface area contributed by atoms with E-state index in [1.165, 1.54) is 9.13 Å². The molecule has 1 N–H and O–H groups in total. The molecule has 2 rings (SSSR count). The Labute approximate surface area is 141 Å². The zero-order valence-corrected chi connectivity index (χ0v) is 15.0. The molecule has 0 atom stereocenters. The number of halogens is 1. The topological polar surface area (TPSA) is 21.3 Å². The average Bonchev–Trinajstić information content (AvgIpc) is 2.41. The van der Waals surface area contributed by atoms with Gasteiger partial charge >= 0.3 is 0 Å². The normalized spacial score (nSPS) is 10.9. The zero-order chi connectivity index (χ0) is 15.2. The van der Waals surface area contributed by atoms with Gasteiger partial charge in [-0.2, -0.15) is 0 Å². The van der Waals surface area contributed by atoms with Crippen LogP contribution in [0.1, 0.15) is 25.0 Å². The highest BCUT2D eigenvalue weighted by Gasteiger charge is 2.04. The summed E-state index contributed by atoms with van der Waals surface area (Å²) in [7, 11) is 0. The summed E-state index contributed by atoms with van der Waals surface area (Å²) in [5.41, 5.74) is 2.46. The highest BCUT2D eigenvalue weighted by molar-refractivity contribution is 14.1. The Bertz CT molecular complexity index is 596. The molecule has 0 fully saturated rings. The number of hydrogen-bond donors (Lipinski definition) is 1. The maximum absolute atomic E-state index is 5.96. The van der Waals surface area contributed by atoms with Crippen molar-refractivity contribution in [3.05, 3.63) is 57.2 Å². The molecule has 0 bridgehead atoms. The maximum atomic E-state index is 5.96. The highest BCUT2D eigenvalue weighted by Crippen LogP contribution is 2.26. The molecule has 3 heteroatoms. The van der Waals surface area contributed by atoms with Crippen LogP contribution in [0, 0.1) is 16.4 Å². The van der Waals surface area contributed by atoms with Crippen molar-refractivity contribution >= 4 is 22.6 Å². The van der Waals surface area contributed by atoms with Gasteiger partial charge in [-0.15, -0.1) is 0 Å². The third-order valence-electron chi connectivity index (χ3n) is 3.14. The molecule has 0 heterocycles. The second kappa shape index (κ2) is 7.80. The molecule has 0 radical (unpaired) electrons. The van der Waals surface area contributed by atoms with Crippen LogP contribution < -0.4 is 10.1 Å². The van der Waals surface area contributed by atoms with Crippen LogP contribution in [0.2, 0.25) is 0 Å². The molecule has 0 saturated carbocycles. The lowest BCUT2D eigenvalue weighted by Gasteiger charge is -2.12. The third-order valence-corrected chi connectivity index (χ3v) is 3.82. The van der Waals surface area contributed by atoms with Gasteiger partial charge in [0, 0.05) is 10.1 Å². The molecular formula is C18H22INO. The fourth-order valence-electron chi connectivity index (χ4n) is 2.10. The van der Waals surface area contributed by atoms with Crippen LogP contribution in [0.15, 0.2) is 42.5 Å². The zero-order valence-electron chi connectivity index (χ0n) is 12.8. The van der Waals surface area contributed by atoms with Crippen LogP contribution in [0.4, 0.5) is 0 Å². The van der Waals surface area contributed by atoms with E-state index < -0.39 is 0 Å². The van der Waals surface area contributed by atoms with Crippen molar-refractivity contribution in [2.45, 2.75) is 27.3 Å². The van der Waals surface area contributed by atoms with Gasteiger partial charge in [-0.25, -0.2) is 0 Å². The monoisotopic (exact) mass is 395 g/mol. The summed E-state index contributed by atoms with van der Waals surface area (Å²) in [5.74, 6) is 2.48. The summed E-state index contributed by atoms with van der Waals surface area (Å²) in [6.07, 6.45) is 0. The van der Waals surface area contributed by atoms with E-state index in [1.54, 1.807) is 0 Å². The van der Waals surface area contributed by atoms with Crippen LogP contribution in [0.5, 0.6) is 11.5 Å². The first-order valence-electron chi connectivity index (χ1n) is 7.28. The van der Waals surface area contributed by atoms with E-state index in [0.29, 0.717) is 5.92 Å². The minimum atomic E-state index is 0.675. The number of nitrogens with one attached hydrogen (secondary N) is 1. The van der Waals surface area contributed by atoms with Crippen molar-refractivity contribution in [2.75, 3.05) is 6.54 Å². The SMILES string of the molecule is Cc1cc(CNCC(C)C)ccc1Oc1cccc(I)c1. The van der Waals surface area contributed by atoms with Crippen LogP contribution >= 0.6 is 22.6 Å². The predicted octanol–water partition coefficient (Wildman–Crippen LogP) is 5.14. The number of hydrogen-bond acceptors (Lipinski definition) is 2. The van der Waals surface area contributed by atoms with E-state index in [-0.39, 0.29) is 0 Å². The first-order valence-corrected chi connectivity index (χ1v) is 8.36. The Morgan fingerprint density at radius 2 is 1.95 bits per heavy atom. The van der Waals surface area contributed by atoms with Crippen molar-refractivity contribution in [3.63, 3.8) is 0 Å². The van der Waals surface area contributed by atoms with Gasteiger partial charge in [0.05, 0.1) is 0 Å². The summed E-state index contributed by atoms with van der Waals surface area (Å²) in [4.78, 5) is 0. The van der Waals surface area contributed by atoms with Crippen LogP contribution in [-0.2, 0) is 6.54 Å². The Hall–Kier alpha value is -1.07. The Morgan fingerprint density at radius 3 is 2.62 bits per heavy atom. The van der Waals surface area contributed by atoms with Crippen molar-refractivity contribution in [2.24, 2.45) is 5.92 Å². The molecule has 0 amide bonds. The molecule has 0 aliphatic heterocycles. The van der Waals surface area contributed by atoms with Gasteiger partial charge in [-0.05, 0) is 77.4 Å². The minimum Gasteiger partial charge on any atom is -0.457 e. The quantitative estimate of drug-likeness (QED) is 0.685. The lowest BCUT2D eigenvalue weighted by molar-refractivity contribution is 0.478. The molecule has 0 aliphatic carbocycles. The van der Waals surface area contributed by atoms with Crippen molar-refractivity contribution in [3.8, 4) is 11.5 Å². The summed E-state index contributed by atoms with van der Waals surface area (Å²) in [6, 6.07) is 14.5. The van der Waals surface area contributed by atoms with Gasteiger partial charge < -0.3 is 10.1 Å². The summed E-state index contributed by atoms with van der Waals surface area (Å²) in [5, 5.41) is 3.46. The molecule has 0 spiro atoms. The van der Waals surface area contributed by atoms with Crippen molar-refractivity contribution < 1.29 is 4.74 Å². The predicted molar refractivity (Wildman–Crippen MR) is 97.0 cm³/mol. The largest absolute Gasteiger partial charge is 0.457 e. The second-order valence-electron chi connectivity index (χ2n) is 5.68. The first kappa shape index (κ1) is 16.3. The molecule has 2 aromatic carbocycles. The fraction of sp³-hybridized carbons (Fsp3) is 0.333. The minimum absolute atomic E-state index is 0.675. The van der Waals surface area contributed by atoms with Crippen molar-refractivity contribution in [1.29, 1.82) is 0 Å². The Morgan fingerprint density at radius 1 is 1.14 bits per heavy atom. The summed E-state index contributed by atoms with van der Waals surface area (Å²) >= 11 is 2.29. The van der Waals surface area contributed by atoms with Gasteiger partial charge in [0.2, 0.25) is 0 Å². The lowest BCUT2D eigenvalue weighted by Crippen LogP contribution is -2.18. The Balaban J connectivity index is 2.02. The molecule has 0 unspecified atom stereocenters. The fourth-order valence-corrected chi connectivity index (χ4v) is 2.61. The van der Waals surface area contributed by atoms with Crippen LogP contribution in [0.25, 0.3) is 0 Å². The van der Waals surface area contributed by atoms with Crippen molar-refractivity contribution in [1.82, 2.24) is 5.32 Å². The first-order chi connectivity index (χ1) is 10.0. The van der Waals surface area contributed by atoms with Gasteiger partial charge in [-0.3, -0.25) is 0 Å². The molecule has 0 aliphatic rings. The Kier molecular flexibility index (Phi) is 6.06. The summed E-state index contributed by atoms with van der Waals surface area (Å²) < 4.78 is 7.14. The molecule has 112 valence electrons. The van der Waals surface area contributed by atoms with E-state index in [4.69, 9.17) is 4.74 Å². The van der Waals surface area contributed by atoms with E-state index in [0.717, 1.165) is 30.2 Å². The molecule has 0 aromatic heterocycles. The molecule has 0 saturated heterocycles. The third kappa shape index (κ3) is 5.32. The van der Waals surface area contributed by atoms with Gasteiger partial charge in [0.15, 0.2) is 0 Å². The smallest absolute Gasteiger partial charge is 0.130 e. The molecule has 2 aromatic rings. The number of aryl methyl sites for hydroxylation is 1. The molecular weight excluding hydrogens is 373 g/mol. The van der Waals surface area contributed by atoms with Crippen LogP contribution in [-0.4, -0.2) is 6.54 Å². The number of rotatable bonds is 6. The number of ether oxygens (including phenoxy) is 1. The van der Waals surface area contributed by atoms with E-state index in [9.17, 15) is 0 Å². The lowest BCUT2D eigenvalue weighted by atomic mass is 10.1. The molecule has 21 heavy (non-hydrogen) atoms. The van der Waals surface area contributed by atoms with Crippen LogP contribution in [0.3, 0.4) is 0 Å². The van der Waals surface area contributed by atoms with E-state index >= 15 is 0 Å². The maximum Gasteiger partial charge on any atom is 0.130 e. The van der Waals surface area contributed by atoms with Gasteiger partial charge in [-0.1, -0.05) is 32.0 Å². The van der Waals surface area contributed by atoms with E-state index in [2.05, 4.69) is 72.9 Å². The summed E-state index contributed by atoms with van der Waals surface area (Å²) in [6.45, 7) is 8.48. The molecule has 2 nitrogen and oxygen atoms in total.